The van der Waals surface area contributed by atoms with Crippen LogP contribution in [-0.2, 0) is 16.1 Å². The molecule has 0 aromatic heterocycles. The Hall–Kier alpha value is -1.63. The van der Waals surface area contributed by atoms with Crippen molar-refractivity contribution in [2.75, 3.05) is 11.5 Å². The van der Waals surface area contributed by atoms with E-state index in [-0.39, 0.29) is 23.6 Å². The number of carbonyl (C=O) groups excluding carboxylic acids is 1. The number of nitrogens with one attached hydrogen (secondary N) is 1. The minimum absolute atomic E-state index is 0.0187. The third-order valence-corrected chi connectivity index (χ3v) is 2.87. The van der Waals surface area contributed by atoms with Gasteiger partial charge in [-0.05, 0) is 6.07 Å². The van der Waals surface area contributed by atoms with Gasteiger partial charge in [-0.3, -0.25) is 9.59 Å². The smallest absolute Gasteiger partial charge is 0.313 e. The van der Waals surface area contributed by atoms with E-state index in [2.05, 4.69) is 5.32 Å². The molecule has 4 nitrogen and oxygen atoms in total. The lowest BCUT2D eigenvalue weighted by Gasteiger charge is -2.05. The summed E-state index contributed by atoms with van der Waals surface area (Å²) >= 11 is 0.946. The van der Waals surface area contributed by atoms with Gasteiger partial charge in [0, 0.05) is 18.2 Å². The zero-order valence-corrected chi connectivity index (χ0v) is 10.1. The first kappa shape index (κ1) is 14.4. The zero-order chi connectivity index (χ0) is 13.5. The van der Waals surface area contributed by atoms with Gasteiger partial charge in [-0.25, -0.2) is 8.78 Å². The number of rotatable bonds is 6. The maximum Gasteiger partial charge on any atom is 0.313 e. The first-order valence-electron chi connectivity index (χ1n) is 4.99. The molecule has 0 radical (unpaired) electrons. The van der Waals surface area contributed by atoms with Crippen LogP contribution in [0.15, 0.2) is 18.2 Å². The number of aliphatic carboxylic acids is 1. The van der Waals surface area contributed by atoms with E-state index in [4.69, 9.17) is 5.11 Å². The third kappa shape index (κ3) is 5.13. The SMILES string of the molecule is O=C(O)CSCC(=O)NCc1ccc(F)cc1F. The van der Waals surface area contributed by atoms with E-state index in [0.717, 1.165) is 23.9 Å². The number of carboxylic acid groups (broad SMARTS) is 1. The van der Waals surface area contributed by atoms with E-state index in [9.17, 15) is 18.4 Å². The lowest BCUT2D eigenvalue weighted by atomic mass is 10.2. The van der Waals surface area contributed by atoms with Crippen LogP contribution in [0.4, 0.5) is 8.78 Å². The van der Waals surface area contributed by atoms with Crippen LogP contribution in [0.1, 0.15) is 5.56 Å². The van der Waals surface area contributed by atoms with Crippen molar-refractivity contribution in [1.29, 1.82) is 0 Å². The summed E-state index contributed by atoms with van der Waals surface area (Å²) in [4.78, 5) is 21.5. The number of hydrogen-bond donors (Lipinski definition) is 2. The highest BCUT2D eigenvalue weighted by Crippen LogP contribution is 2.09. The molecule has 18 heavy (non-hydrogen) atoms. The molecule has 7 heteroatoms. The van der Waals surface area contributed by atoms with Crippen molar-refractivity contribution >= 4 is 23.6 Å². The summed E-state index contributed by atoms with van der Waals surface area (Å²) in [5.74, 6) is -3.00. The fourth-order valence-corrected chi connectivity index (χ4v) is 1.71. The Labute approximate surface area is 106 Å². The van der Waals surface area contributed by atoms with Crippen molar-refractivity contribution in [2.45, 2.75) is 6.54 Å². The van der Waals surface area contributed by atoms with E-state index < -0.39 is 23.5 Å². The molecule has 0 aliphatic carbocycles. The Bertz CT molecular complexity index is 454. The number of benzene rings is 1. The van der Waals surface area contributed by atoms with Gasteiger partial charge in [-0.2, -0.15) is 0 Å². The third-order valence-electron chi connectivity index (χ3n) is 1.95. The molecular formula is C11H11F2NO3S. The maximum atomic E-state index is 13.2. The first-order chi connectivity index (χ1) is 8.49. The second kappa shape index (κ2) is 6.95. The predicted octanol–water partition coefficient (Wildman–Crippen LogP) is 1.40. The molecule has 98 valence electrons. The number of carbonyl (C=O) groups is 2. The average Bonchev–Trinajstić information content (AvgIpc) is 2.27. The average molecular weight is 275 g/mol. The van der Waals surface area contributed by atoms with Crippen LogP contribution in [0.25, 0.3) is 0 Å². The number of thioether (sulfide) groups is 1. The van der Waals surface area contributed by atoms with E-state index >= 15 is 0 Å². The Balaban J connectivity index is 2.36. The highest BCUT2D eigenvalue weighted by Gasteiger charge is 2.07. The molecule has 0 heterocycles. The molecule has 0 atom stereocenters. The van der Waals surface area contributed by atoms with Crippen LogP contribution in [0, 0.1) is 11.6 Å². The summed E-state index contributed by atoms with van der Waals surface area (Å²) < 4.78 is 25.8. The molecule has 0 aliphatic rings. The molecular weight excluding hydrogens is 264 g/mol. The Morgan fingerprint density at radius 1 is 1.28 bits per heavy atom. The van der Waals surface area contributed by atoms with Gasteiger partial charge in [-0.15, -0.1) is 11.8 Å². The molecule has 0 fully saturated rings. The van der Waals surface area contributed by atoms with Crippen molar-refractivity contribution in [2.24, 2.45) is 0 Å². The highest BCUT2D eigenvalue weighted by atomic mass is 32.2. The van der Waals surface area contributed by atoms with Crippen LogP contribution in [0.2, 0.25) is 0 Å². The molecule has 1 rings (SSSR count). The highest BCUT2D eigenvalue weighted by molar-refractivity contribution is 8.00. The molecule has 0 saturated carbocycles. The second-order valence-corrected chi connectivity index (χ2v) is 4.38. The van der Waals surface area contributed by atoms with Gasteiger partial charge in [0.2, 0.25) is 5.91 Å². The largest absolute Gasteiger partial charge is 0.481 e. The van der Waals surface area contributed by atoms with Gasteiger partial charge in [0.05, 0.1) is 11.5 Å². The summed E-state index contributed by atoms with van der Waals surface area (Å²) in [6.07, 6.45) is 0. The van der Waals surface area contributed by atoms with Gasteiger partial charge >= 0.3 is 5.97 Å². The number of hydrogen-bond acceptors (Lipinski definition) is 3. The van der Waals surface area contributed by atoms with E-state index in [1.54, 1.807) is 0 Å². The molecule has 1 aromatic carbocycles. The van der Waals surface area contributed by atoms with Gasteiger partial charge in [0.1, 0.15) is 11.6 Å². The number of halogens is 2. The quantitative estimate of drug-likeness (QED) is 0.823. The van der Waals surface area contributed by atoms with Crippen molar-refractivity contribution in [3.8, 4) is 0 Å². The fourth-order valence-electron chi connectivity index (χ4n) is 1.14. The lowest BCUT2D eigenvalue weighted by Crippen LogP contribution is -2.25. The molecule has 1 amide bonds. The number of carboxylic acids is 1. The molecule has 1 aromatic rings. The molecule has 0 bridgehead atoms. The van der Waals surface area contributed by atoms with Crippen LogP contribution in [0.5, 0.6) is 0 Å². The van der Waals surface area contributed by atoms with Crippen molar-refractivity contribution in [1.82, 2.24) is 5.32 Å². The minimum Gasteiger partial charge on any atom is -0.481 e. The summed E-state index contributed by atoms with van der Waals surface area (Å²) in [6.45, 7) is -0.0570. The Morgan fingerprint density at radius 3 is 2.61 bits per heavy atom. The van der Waals surface area contributed by atoms with Gasteiger partial charge in [0.15, 0.2) is 0 Å². The standard InChI is InChI=1S/C11H11F2NO3S/c12-8-2-1-7(9(13)3-8)4-14-10(15)5-18-6-11(16)17/h1-3H,4-6H2,(H,14,15)(H,16,17). The monoisotopic (exact) mass is 275 g/mol. The van der Waals surface area contributed by atoms with Crippen molar-refractivity contribution < 1.29 is 23.5 Å². The maximum absolute atomic E-state index is 13.2. The van der Waals surface area contributed by atoms with Gasteiger partial charge in [-0.1, -0.05) is 6.07 Å². The molecule has 0 unspecified atom stereocenters. The summed E-state index contributed by atoms with van der Waals surface area (Å²) in [5, 5.41) is 10.8. The predicted molar refractivity (Wildman–Crippen MR) is 63.2 cm³/mol. The van der Waals surface area contributed by atoms with Gasteiger partial charge in [0.25, 0.3) is 0 Å². The van der Waals surface area contributed by atoms with Gasteiger partial charge < -0.3 is 10.4 Å². The summed E-state index contributed by atoms with van der Waals surface area (Å²) in [5.41, 5.74) is 0.174. The van der Waals surface area contributed by atoms with E-state index in [1.807, 2.05) is 0 Å². The summed E-state index contributed by atoms with van der Waals surface area (Å²) in [6, 6.07) is 3.08. The zero-order valence-electron chi connectivity index (χ0n) is 9.28. The Kier molecular flexibility index (Phi) is 5.57. The van der Waals surface area contributed by atoms with Crippen LogP contribution in [0.3, 0.4) is 0 Å². The normalized spacial score (nSPS) is 10.1. The summed E-state index contributed by atoms with van der Waals surface area (Å²) in [7, 11) is 0. The molecule has 0 spiro atoms. The molecule has 2 N–H and O–H groups in total. The van der Waals surface area contributed by atoms with E-state index in [1.165, 1.54) is 6.07 Å². The van der Waals surface area contributed by atoms with Crippen LogP contribution in [-0.4, -0.2) is 28.5 Å². The first-order valence-corrected chi connectivity index (χ1v) is 6.14. The minimum atomic E-state index is -1.00. The van der Waals surface area contributed by atoms with Crippen LogP contribution < -0.4 is 5.32 Å². The van der Waals surface area contributed by atoms with Crippen molar-refractivity contribution in [3.05, 3.63) is 35.4 Å². The lowest BCUT2D eigenvalue weighted by molar-refractivity contribution is -0.133. The fraction of sp³-hybridized carbons (Fsp3) is 0.273. The topological polar surface area (TPSA) is 66.4 Å². The Morgan fingerprint density at radius 2 is 2.00 bits per heavy atom. The number of amides is 1. The molecule has 0 aliphatic heterocycles. The molecule has 0 saturated heterocycles. The van der Waals surface area contributed by atoms with Crippen LogP contribution >= 0.6 is 11.8 Å². The van der Waals surface area contributed by atoms with Crippen molar-refractivity contribution in [3.63, 3.8) is 0 Å². The van der Waals surface area contributed by atoms with E-state index in [0.29, 0.717) is 0 Å². The second-order valence-electron chi connectivity index (χ2n) is 3.40.